The van der Waals surface area contributed by atoms with Crippen LogP contribution in [0.25, 0.3) is 94.3 Å². The number of nitrogens with zero attached hydrogens (tertiary/aromatic N) is 3. The lowest BCUT2D eigenvalue weighted by atomic mass is 9.83. The number of para-hydroxylation sites is 2. The molecule has 0 unspecified atom stereocenters. The van der Waals surface area contributed by atoms with Gasteiger partial charge in [-0.05, 0) is 52.1 Å². The lowest BCUT2D eigenvalue weighted by molar-refractivity contribution is 0.669. The molecule has 0 atom stereocenters. The first-order valence-corrected chi connectivity index (χ1v) is 14.8. The Hall–Kier alpha value is -6.00. The van der Waals surface area contributed by atoms with Crippen molar-refractivity contribution in [1.29, 1.82) is 0 Å². The third-order valence-electron chi connectivity index (χ3n) is 9.06. The fourth-order valence-electron chi connectivity index (χ4n) is 7.20. The van der Waals surface area contributed by atoms with Crippen LogP contribution in [0.2, 0.25) is 0 Å². The molecule has 9 aromatic rings. The molecular formula is C40H23N3O. The van der Waals surface area contributed by atoms with E-state index in [0.717, 1.165) is 71.7 Å². The smallest absolute Gasteiger partial charge is 0.235 e. The van der Waals surface area contributed by atoms with Gasteiger partial charge in [0.1, 0.15) is 11.2 Å². The summed E-state index contributed by atoms with van der Waals surface area (Å²) in [5.74, 6) is 0.642. The van der Waals surface area contributed by atoms with E-state index < -0.39 is 0 Å². The van der Waals surface area contributed by atoms with Crippen LogP contribution in [-0.4, -0.2) is 14.5 Å². The van der Waals surface area contributed by atoms with Crippen LogP contribution in [0, 0.1) is 0 Å². The summed E-state index contributed by atoms with van der Waals surface area (Å²) in [4.78, 5) is 10.5. The molecule has 0 radical (unpaired) electrons. The molecule has 0 fully saturated rings. The van der Waals surface area contributed by atoms with Crippen LogP contribution >= 0.6 is 0 Å². The van der Waals surface area contributed by atoms with Gasteiger partial charge in [0, 0.05) is 38.9 Å². The molecule has 44 heavy (non-hydrogen) atoms. The Morgan fingerprint density at radius 2 is 1.00 bits per heavy atom. The van der Waals surface area contributed by atoms with E-state index in [1.807, 2.05) is 18.3 Å². The third-order valence-corrected chi connectivity index (χ3v) is 9.06. The first-order chi connectivity index (χ1) is 21.8. The Bertz CT molecular complexity index is 2620. The van der Waals surface area contributed by atoms with Gasteiger partial charge in [0.15, 0.2) is 0 Å². The fourth-order valence-corrected chi connectivity index (χ4v) is 7.20. The van der Waals surface area contributed by atoms with Crippen LogP contribution in [0.3, 0.4) is 0 Å². The van der Waals surface area contributed by atoms with Gasteiger partial charge in [-0.15, -0.1) is 0 Å². The minimum atomic E-state index is 0.642. The SMILES string of the molecule is c1ccc2c(c1)-c1ccccc1-c1cnc(-n3c4ccccc4c4c5c(ccc43)oc3ccccc35)nc1-c1ccccc1-2. The number of hydrogen-bond donors (Lipinski definition) is 0. The Labute approximate surface area is 252 Å². The number of aromatic nitrogens is 3. The number of hydrogen-bond acceptors (Lipinski definition) is 3. The van der Waals surface area contributed by atoms with Crippen molar-refractivity contribution in [2.45, 2.75) is 0 Å². The van der Waals surface area contributed by atoms with Crippen LogP contribution in [0.4, 0.5) is 0 Å². The molecule has 6 aromatic carbocycles. The topological polar surface area (TPSA) is 43.9 Å². The van der Waals surface area contributed by atoms with Gasteiger partial charge in [0.2, 0.25) is 5.95 Å². The first kappa shape index (κ1) is 23.6. The molecule has 0 amide bonds. The molecule has 0 aliphatic heterocycles. The molecule has 1 aliphatic rings. The Balaban J connectivity index is 1.32. The van der Waals surface area contributed by atoms with Gasteiger partial charge >= 0.3 is 0 Å². The molecule has 10 rings (SSSR count). The zero-order valence-electron chi connectivity index (χ0n) is 23.5. The van der Waals surface area contributed by atoms with Crippen molar-refractivity contribution in [3.8, 4) is 50.6 Å². The highest BCUT2D eigenvalue weighted by molar-refractivity contribution is 6.27. The summed E-state index contributed by atoms with van der Waals surface area (Å²) in [5, 5.41) is 4.53. The van der Waals surface area contributed by atoms with Gasteiger partial charge in [-0.1, -0.05) is 109 Å². The van der Waals surface area contributed by atoms with Crippen molar-refractivity contribution in [2.75, 3.05) is 0 Å². The largest absolute Gasteiger partial charge is 0.456 e. The van der Waals surface area contributed by atoms with Crippen molar-refractivity contribution in [2.24, 2.45) is 0 Å². The highest BCUT2D eigenvalue weighted by atomic mass is 16.3. The lowest BCUT2D eigenvalue weighted by Crippen LogP contribution is -2.05. The first-order valence-electron chi connectivity index (χ1n) is 14.8. The summed E-state index contributed by atoms with van der Waals surface area (Å²) in [5.41, 5.74) is 12.8. The highest BCUT2D eigenvalue weighted by Crippen LogP contribution is 2.47. The summed E-state index contributed by atoms with van der Waals surface area (Å²) in [6.45, 7) is 0. The average molecular weight is 562 g/mol. The second-order valence-electron chi connectivity index (χ2n) is 11.4. The average Bonchev–Trinajstić information content (AvgIpc) is 3.63. The number of rotatable bonds is 1. The predicted octanol–water partition coefficient (Wildman–Crippen LogP) is 10.5. The Morgan fingerprint density at radius 1 is 0.432 bits per heavy atom. The third kappa shape index (κ3) is 3.11. The van der Waals surface area contributed by atoms with Gasteiger partial charge in [0.25, 0.3) is 0 Å². The quantitative estimate of drug-likeness (QED) is 0.200. The summed E-state index contributed by atoms with van der Waals surface area (Å²) < 4.78 is 8.49. The maximum Gasteiger partial charge on any atom is 0.235 e. The van der Waals surface area contributed by atoms with E-state index >= 15 is 0 Å². The standard InChI is InChI=1S/C40H23N3O/c1-2-12-25-24(11-1)26-13-3-4-15-28(26)32-23-41-40(42-39(32)29-16-6-5-14-27(25)29)43-33-19-9-7-17-30(33)37-34(43)21-22-36-38(37)31-18-8-10-20-35(31)44-36/h1-23H. The van der Waals surface area contributed by atoms with Crippen molar-refractivity contribution in [1.82, 2.24) is 14.5 Å². The maximum atomic E-state index is 6.29. The molecule has 4 heteroatoms. The molecule has 1 aliphatic carbocycles. The predicted molar refractivity (Wildman–Crippen MR) is 179 cm³/mol. The number of fused-ring (bicyclic) bond motifs is 15. The summed E-state index contributed by atoms with van der Waals surface area (Å²) in [6, 6.07) is 46.8. The minimum Gasteiger partial charge on any atom is -0.456 e. The maximum absolute atomic E-state index is 6.29. The van der Waals surface area contributed by atoms with Crippen LogP contribution in [0.1, 0.15) is 0 Å². The van der Waals surface area contributed by atoms with Crippen LogP contribution < -0.4 is 0 Å². The fraction of sp³-hybridized carbons (Fsp3) is 0. The zero-order valence-corrected chi connectivity index (χ0v) is 23.5. The van der Waals surface area contributed by atoms with Crippen molar-refractivity contribution < 1.29 is 4.42 Å². The van der Waals surface area contributed by atoms with E-state index in [0.29, 0.717) is 5.95 Å². The van der Waals surface area contributed by atoms with E-state index in [-0.39, 0.29) is 0 Å². The lowest BCUT2D eigenvalue weighted by Gasteiger charge is -2.22. The molecule has 0 N–H and O–H groups in total. The van der Waals surface area contributed by atoms with E-state index in [1.165, 1.54) is 16.7 Å². The van der Waals surface area contributed by atoms with Gasteiger partial charge < -0.3 is 4.42 Å². The van der Waals surface area contributed by atoms with Crippen molar-refractivity contribution in [3.63, 3.8) is 0 Å². The Morgan fingerprint density at radius 3 is 1.73 bits per heavy atom. The molecule has 0 spiro atoms. The van der Waals surface area contributed by atoms with Gasteiger partial charge in [-0.3, -0.25) is 4.57 Å². The molecule has 0 saturated heterocycles. The zero-order chi connectivity index (χ0) is 28.8. The highest BCUT2D eigenvalue weighted by Gasteiger charge is 2.25. The van der Waals surface area contributed by atoms with E-state index in [4.69, 9.17) is 14.4 Å². The normalized spacial score (nSPS) is 12.1. The molecule has 3 heterocycles. The monoisotopic (exact) mass is 561 g/mol. The molecular weight excluding hydrogens is 538 g/mol. The Kier molecular flexibility index (Phi) is 4.69. The second-order valence-corrected chi connectivity index (χ2v) is 11.4. The van der Waals surface area contributed by atoms with Crippen molar-refractivity contribution in [3.05, 3.63) is 140 Å². The van der Waals surface area contributed by atoms with Crippen molar-refractivity contribution >= 4 is 43.7 Å². The van der Waals surface area contributed by atoms with Crippen LogP contribution in [-0.2, 0) is 0 Å². The minimum absolute atomic E-state index is 0.642. The second kappa shape index (κ2) is 8.76. The van der Waals surface area contributed by atoms with E-state index in [1.54, 1.807) is 0 Å². The molecule has 0 bridgehead atoms. The van der Waals surface area contributed by atoms with Crippen LogP contribution in [0.5, 0.6) is 0 Å². The van der Waals surface area contributed by atoms with Crippen LogP contribution in [0.15, 0.2) is 144 Å². The van der Waals surface area contributed by atoms with Gasteiger partial charge in [-0.25, -0.2) is 9.97 Å². The molecule has 0 saturated carbocycles. The summed E-state index contributed by atoms with van der Waals surface area (Å²) in [7, 11) is 0. The molecule has 204 valence electrons. The molecule has 3 aromatic heterocycles. The van der Waals surface area contributed by atoms with E-state index in [9.17, 15) is 0 Å². The van der Waals surface area contributed by atoms with Gasteiger partial charge in [-0.2, -0.15) is 0 Å². The van der Waals surface area contributed by atoms with E-state index in [2.05, 4.69) is 126 Å². The number of furan rings is 1. The summed E-state index contributed by atoms with van der Waals surface area (Å²) >= 11 is 0. The summed E-state index contributed by atoms with van der Waals surface area (Å²) in [6.07, 6.45) is 2.01. The number of benzene rings is 6. The van der Waals surface area contributed by atoms with Gasteiger partial charge in [0.05, 0.1) is 16.7 Å². The molecule has 4 nitrogen and oxygen atoms in total.